The number of rotatable bonds is 10. The zero-order valence-corrected chi connectivity index (χ0v) is 19.3. The molecule has 176 valence electrons. The topological polar surface area (TPSA) is 129 Å². The summed E-state index contributed by atoms with van der Waals surface area (Å²) in [5.74, 6) is -3.44. The summed E-state index contributed by atoms with van der Waals surface area (Å²) in [5.41, 5.74) is 7.23. The largest absolute Gasteiger partial charge is 0.478 e. The first kappa shape index (κ1) is 24.7. The number of carboxylic acid groups (broad SMARTS) is 1. The van der Waals surface area contributed by atoms with E-state index in [2.05, 4.69) is 4.98 Å². The van der Waals surface area contributed by atoms with Gasteiger partial charge in [0, 0.05) is 0 Å². The normalized spacial score (nSPS) is 12.1. The Balaban J connectivity index is 1.75. The Morgan fingerprint density at radius 3 is 2.09 bits per heavy atom. The molecule has 0 amide bonds. The number of esters is 2. The van der Waals surface area contributed by atoms with Crippen molar-refractivity contribution >= 4 is 39.8 Å². The van der Waals surface area contributed by atoms with Crippen molar-refractivity contribution in [1.29, 1.82) is 0 Å². The van der Waals surface area contributed by atoms with Crippen LogP contribution in [-0.4, -0.2) is 28.0 Å². The van der Waals surface area contributed by atoms with E-state index in [1.54, 1.807) is 6.92 Å². The van der Waals surface area contributed by atoms with Gasteiger partial charge in [0.2, 0.25) is 5.01 Å². The van der Waals surface area contributed by atoms with E-state index in [0.29, 0.717) is 6.42 Å². The predicted molar refractivity (Wildman–Crippen MR) is 128 cm³/mol. The second-order valence-electron chi connectivity index (χ2n) is 7.29. The van der Waals surface area contributed by atoms with Crippen LogP contribution in [-0.2, 0) is 32.3 Å². The lowest BCUT2D eigenvalue weighted by Gasteiger charge is -2.12. The van der Waals surface area contributed by atoms with Crippen LogP contribution in [0.1, 0.15) is 40.0 Å². The number of nitrogens with two attached hydrogens (primary N) is 1. The fourth-order valence-corrected chi connectivity index (χ4v) is 3.78. The van der Waals surface area contributed by atoms with Gasteiger partial charge in [0.25, 0.3) is 0 Å². The molecule has 1 aromatic heterocycles. The molecule has 0 fully saturated rings. The molecule has 3 N–H and O–H groups in total. The van der Waals surface area contributed by atoms with Gasteiger partial charge in [0.1, 0.15) is 23.9 Å². The number of anilines is 1. The second-order valence-corrected chi connectivity index (χ2v) is 8.32. The lowest BCUT2D eigenvalue weighted by Crippen LogP contribution is -2.17. The monoisotopic (exact) mass is 480 g/mol. The van der Waals surface area contributed by atoms with Gasteiger partial charge in [-0.3, -0.25) is 4.79 Å². The van der Waals surface area contributed by atoms with Gasteiger partial charge in [-0.05, 0) is 17.5 Å². The number of hydrogen-bond acceptors (Lipinski definition) is 8. The quantitative estimate of drug-likeness (QED) is 0.324. The van der Waals surface area contributed by atoms with Crippen molar-refractivity contribution in [3.05, 3.63) is 88.6 Å². The fourth-order valence-electron chi connectivity index (χ4n) is 3.04. The van der Waals surface area contributed by atoms with E-state index in [0.717, 1.165) is 22.5 Å². The van der Waals surface area contributed by atoms with E-state index in [4.69, 9.17) is 15.2 Å². The van der Waals surface area contributed by atoms with Crippen LogP contribution in [0.3, 0.4) is 0 Å². The number of carboxylic acids is 1. The Morgan fingerprint density at radius 2 is 1.56 bits per heavy atom. The zero-order chi connectivity index (χ0) is 24.5. The maximum Gasteiger partial charge on any atom is 0.367 e. The van der Waals surface area contributed by atoms with E-state index in [9.17, 15) is 19.5 Å². The highest BCUT2D eigenvalue weighted by atomic mass is 32.1. The molecule has 0 aliphatic heterocycles. The number of aliphatic carboxylic acids is 1. The highest BCUT2D eigenvalue weighted by Gasteiger charge is 2.26. The van der Waals surface area contributed by atoms with Crippen LogP contribution in [0.15, 0.2) is 66.7 Å². The highest BCUT2D eigenvalue weighted by Crippen LogP contribution is 2.30. The Labute approximate surface area is 200 Å². The third-order valence-corrected chi connectivity index (χ3v) is 5.73. The Bertz CT molecular complexity index is 1170. The number of hydrogen-bond donors (Lipinski definition) is 2. The molecule has 0 saturated heterocycles. The Hall–Kier alpha value is -3.98. The molecule has 0 saturated carbocycles. The fraction of sp³-hybridized carbons (Fsp3) is 0.200. The number of nitrogen functional groups attached to an aromatic ring is 1. The summed E-state index contributed by atoms with van der Waals surface area (Å²) in [6.07, 6.45) is 1.57. The standard InChI is InChI=1S/C25H24N2O6S/c1-2-18(24(30)32-14-16-9-5-3-6-10-16)13-19(23(28)29)20-21(26)34-22(27-20)25(31)33-15-17-11-7-4-8-12-17/h3-13,18H,2,14-15,26H2,1H3,(H,28,29). The number of thiazole rings is 1. The summed E-state index contributed by atoms with van der Waals surface area (Å²) in [4.78, 5) is 41.1. The van der Waals surface area contributed by atoms with Crippen LogP contribution < -0.4 is 5.73 Å². The molecule has 3 rings (SSSR count). The van der Waals surface area contributed by atoms with E-state index in [-0.39, 0.29) is 34.5 Å². The minimum Gasteiger partial charge on any atom is -0.478 e. The molecule has 1 unspecified atom stereocenters. The smallest absolute Gasteiger partial charge is 0.367 e. The van der Waals surface area contributed by atoms with Crippen molar-refractivity contribution in [2.45, 2.75) is 26.6 Å². The molecule has 0 aliphatic rings. The summed E-state index contributed by atoms with van der Waals surface area (Å²) in [5, 5.41) is 9.72. The molecular formula is C25H24N2O6S. The summed E-state index contributed by atoms with van der Waals surface area (Å²) in [6, 6.07) is 18.3. The van der Waals surface area contributed by atoms with Gasteiger partial charge in [-0.1, -0.05) is 85.0 Å². The SMILES string of the molecule is CCC(C=C(C(=O)O)c1nc(C(=O)OCc2ccccc2)sc1N)C(=O)OCc1ccccc1. The first-order valence-corrected chi connectivity index (χ1v) is 11.3. The summed E-state index contributed by atoms with van der Waals surface area (Å²) < 4.78 is 10.6. The third-order valence-electron chi connectivity index (χ3n) is 4.86. The van der Waals surface area contributed by atoms with Crippen LogP contribution in [0, 0.1) is 5.92 Å². The van der Waals surface area contributed by atoms with E-state index >= 15 is 0 Å². The van der Waals surface area contributed by atoms with Gasteiger partial charge in [-0.15, -0.1) is 0 Å². The zero-order valence-electron chi connectivity index (χ0n) is 18.5. The lowest BCUT2D eigenvalue weighted by molar-refractivity contribution is -0.148. The molecule has 0 aliphatic carbocycles. The molecule has 9 heteroatoms. The first-order chi connectivity index (χ1) is 16.4. The van der Waals surface area contributed by atoms with E-state index in [1.165, 1.54) is 6.08 Å². The van der Waals surface area contributed by atoms with E-state index < -0.39 is 23.8 Å². The average molecular weight is 481 g/mol. The molecule has 3 aromatic rings. The molecule has 1 heterocycles. The van der Waals surface area contributed by atoms with Gasteiger partial charge in [0.15, 0.2) is 0 Å². The molecule has 0 spiro atoms. The second kappa shape index (κ2) is 11.8. The van der Waals surface area contributed by atoms with Gasteiger partial charge in [-0.2, -0.15) is 0 Å². The van der Waals surface area contributed by atoms with Crippen LogP contribution >= 0.6 is 11.3 Å². The van der Waals surface area contributed by atoms with Crippen LogP contribution in [0.4, 0.5) is 5.00 Å². The number of carbonyl (C=O) groups is 3. The highest BCUT2D eigenvalue weighted by molar-refractivity contribution is 7.17. The van der Waals surface area contributed by atoms with Crippen molar-refractivity contribution in [3.63, 3.8) is 0 Å². The summed E-state index contributed by atoms with van der Waals surface area (Å²) in [6.45, 7) is 1.85. The number of carbonyl (C=O) groups excluding carboxylic acids is 2. The van der Waals surface area contributed by atoms with Gasteiger partial charge >= 0.3 is 17.9 Å². The predicted octanol–water partition coefficient (Wildman–Crippen LogP) is 4.32. The van der Waals surface area contributed by atoms with Crippen molar-refractivity contribution in [2.75, 3.05) is 5.73 Å². The molecule has 0 radical (unpaired) electrons. The van der Waals surface area contributed by atoms with Crippen molar-refractivity contribution in [3.8, 4) is 0 Å². The number of aromatic nitrogens is 1. The van der Waals surface area contributed by atoms with Crippen LogP contribution in [0.2, 0.25) is 0 Å². The van der Waals surface area contributed by atoms with Gasteiger partial charge in [-0.25, -0.2) is 14.6 Å². The Morgan fingerprint density at radius 1 is 1.00 bits per heavy atom. The van der Waals surface area contributed by atoms with Gasteiger partial charge < -0.3 is 20.3 Å². The number of benzene rings is 2. The maximum absolute atomic E-state index is 12.6. The summed E-state index contributed by atoms with van der Waals surface area (Å²) >= 11 is 0.826. The number of nitrogens with zero attached hydrogens (tertiary/aromatic N) is 1. The van der Waals surface area contributed by atoms with Crippen LogP contribution in [0.5, 0.6) is 0 Å². The molecule has 2 aromatic carbocycles. The molecule has 0 bridgehead atoms. The molecule has 1 atom stereocenters. The van der Waals surface area contributed by atoms with Crippen molar-refractivity contribution in [1.82, 2.24) is 4.98 Å². The van der Waals surface area contributed by atoms with Crippen molar-refractivity contribution in [2.24, 2.45) is 5.92 Å². The average Bonchev–Trinajstić information content (AvgIpc) is 3.24. The van der Waals surface area contributed by atoms with Crippen LogP contribution in [0.25, 0.3) is 5.57 Å². The van der Waals surface area contributed by atoms with Crippen molar-refractivity contribution < 1.29 is 29.0 Å². The Kier molecular flexibility index (Phi) is 8.53. The third kappa shape index (κ3) is 6.52. The molecule has 8 nitrogen and oxygen atoms in total. The number of ether oxygens (including phenoxy) is 2. The van der Waals surface area contributed by atoms with E-state index in [1.807, 2.05) is 60.7 Å². The minimum absolute atomic E-state index is 0.0350. The lowest BCUT2D eigenvalue weighted by atomic mass is 10.0. The minimum atomic E-state index is -1.32. The molecule has 34 heavy (non-hydrogen) atoms. The summed E-state index contributed by atoms with van der Waals surface area (Å²) in [7, 11) is 0. The molecular weight excluding hydrogens is 456 g/mol. The maximum atomic E-state index is 12.6. The van der Waals surface area contributed by atoms with Gasteiger partial charge in [0.05, 0.1) is 11.5 Å². The first-order valence-electron chi connectivity index (χ1n) is 10.5.